The topological polar surface area (TPSA) is 76.4 Å². The monoisotopic (exact) mass is 534 g/mol. The van der Waals surface area contributed by atoms with Crippen LogP contribution in [0.15, 0.2) is 78.2 Å². The van der Waals surface area contributed by atoms with Crippen LogP contribution in [0.3, 0.4) is 0 Å². The minimum Gasteiger partial charge on any atom is -0.406 e. The Hall–Kier alpha value is -4.03. The van der Waals surface area contributed by atoms with Gasteiger partial charge in [0.1, 0.15) is 17.9 Å². The molecule has 0 aliphatic rings. The Balaban J connectivity index is 1.36. The van der Waals surface area contributed by atoms with Gasteiger partial charge in [-0.15, -0.1) is 18.3 Å². The highest BCUT2D eigenvalue weighted by molar-refractivity contribution is 7.80. The van der Waals surface area contributed by atoms with E-state index in [9.17, 15) is 17.6 Å². The molecular weight excluding hydrogens is 520 g/mol. The Labute approximate surface area is 212 Å². The molecule has 0 bridgehead atoms. The van der Waals surface area contributed by atoms with Crippen LogP contribution in [0.1, 0.15) is 5.56 Å². The van der Waals surface area contributed by atoms with E-state index in [0.717, 1.165) is 5.56 Å². The molecule has 0 radical (unpaired) electrons. The number of rotatable bonds is 6. The van der Waals surface area contributed by atoms with Crippen molar-refractivity contribution in [3.8, 4) is 22.8 Å². The first kappa shape index (κ1) is 25.1. The molecular formula is C23H15ClF4N6OS. The van der Waals surface area contributed by atoms with Gasteiger partial charge in [-0.1, -0.05) is 41.9 Å². The molecule has 3 aromatic carbocycles. The number of hydrazone groups is 1. The van der Waals surface area contributed by atoms with E-state index in [4.69, 9.17) is 23.8 Å². The fraction of sp³-hybridized carbons (Fsp3) is 0.0435. The number of thiocarbonyl (C=S) groups is 1. The van der Waals surface area contributed by atoms with Crippen molar-refractivity contribution in [2.24, 2.45) is 5.10 Å². The van der Waals surface area contributed by atoms with Crippen molar-refractivity contribution >= 4 is 40.8 Å². The molecule has 13 heteroatoms. The molecule has 1 heterocycles. The molecule has 0 fully saturated rings. The van der Waals surface area contributed by atoms with Crippen LogP contribution in [0.4, 0.5) is 23.2 Å². The second-order valence-electron chi connectivity index (χ2n) is 7.10. The predicted octanol–water partition coefficient (Wildman–Crippen LogP) is 5.95. The first-order valence-electron chi connectivity index (χ1n) is 10.1. The fourth-order valence-corrected chi connectivity index (χ4v) is 3.33. The van der Waals surface area contributed by atoms with Crippen LogP contribution in [-0.2, 0) is 0 Å². The molecule has 184 valence electrons. The number of ether oxygens (including phenoxy) is 1. The van der Waals surface area contributed by atoms with Crippen LogP contribution in [0.5, 0.6) is 5.75 Å². The van der Waals surface area contributed by atoms with E-state index in [0.29, 0.717) is 17.1 Å². The van der Waals surface area contributed by atoms with Crippen LogP contribution >= 0.6 is 23.8 Å². The minimum absolute atomic E-state index is 0.0498. The highest BCUT2D eigenvalue weighted by Crippen LogP contribution is 2.25. The molecule has 36 heavy (non-hydrogen) atoms. The number of benzene rings is 3. The van der Waals surface area contributed by atoms with E-state index in [-0.39, 0.29) is 21.6 Å². The van der Waals surface area contributed by atoms with Gasteiger partial charge in [0, 0.05) is 5.56 Å². The molecule has 4 aromatic rings. The summed E-state index contributed by atoms with van der Waals surface area (Å²) in [7, 11) is 0. The van der Waals surface area contributed by atoms with Crippen LogP contribution in [0.2, 0.25) is 5.02 Å². The molecule has 0 saturated heterocycles. The maximum Gasteiger partial charge on any atom is 0.573 e. The smallest absolute Gasteiger partial charge is 0.406 e. The number of nitrogens with one attached hydrogen (secondary N) is 2. The summed E-state index contributed by atoms with van der Waals surface area (Å²) < 4.78 is 56.0. The molecule has 0 unspecified atom stereocenters. The van der Waals surface area contributed by atoms with Crippen LogP contribution < -0.4 is 15.5 Å². The van der Waals surface area contributed by atoms with Gasteiger partial charge in [-0.05, 0) is 54.2 Å². The number of alkyl halides is 3. The number of hydrogen-bond acceptors (Lipinski definition) is 5. The third-order valence-corrected chi connectivity index (χ3v) is 5.08. The summed E-state index contributed by atoms with van der Waals surface area (Å²) in [5, 5.41) is 11.3. The normalized spacial score (nSPS) is 11.5. The van der Waals surface area contributed by atoms with Gasteiger partial charge >= 0.3 is 6.36 Å². The lowest BCUT2D eigenvalue weighted by Gasteiger charge is -2.09. The quantitative estimate of drug-likeness (QED) is 0.138. The zero-order chi connectivity index (χ0) is 25.7. The lowest BCUT2D eigenvalue weighted by atomic mass is 10.1. The number of aromatic nitrogens is 3. The van der Waals surface area contributed by atoms with Gasteiger partial charge in [0.2, 0.25) is 0 Å². The minimum atomic E-state index is -4.76. The second kappa shape index (κ2) is 10.7. The summed E-state index contributed by atoms with van der Waals surface area (Å²) >= 11 is 11.0. The summed E-state index contributed by atoms with van der Waals surface area (Å²) in [6.07, 6.45) is -1.80. The zero-order valence-electron chi connectivity index (χ0n) is 18.0. The Morgan fingerprint density at radius 2 is 1.78 bits per heavy atom. The van der Waals surface area contributed by atoms with Gasteiger partial charge in [-0.2, -0.15) is 5.10 Å². The standard InChI is InChI=1S/C23H15ClF4N6OS/c24-18-2-1-3-19(25)20(18)31-22(36)32-30-12-14-4-6-15(7-5-14)21-29-13-34(33-21)16-8-10-17(11-9-16)35-23(26,27)28/h1-13H,(H2,31,32,36). The largest absolute Gasteiger partial charge is 0.573 e. The van der Waals surface area contributed by atoms with Gasteiger partial charge in [0.15, 0.2) is 10.9 Å². The maximum atomic E-state index is 13.8. The first-order chi connectivity index (χ1) is 17.2. The number of hydrogen-bond donors (Lipinski definition) is 2. The summed E-state index contributed by atoms with van der Waals surface area (Å²) in [5.74, 6) is -0.458. The molecule has 0 aliphatic heterocycles. The number of halogens is 5. The Bertz CT molecular complexity index is 1370. The molecule has 2 N–H and O–H groups in total. The summed E-state index contributed by atoms with van der Waals surface area (Å²) in [4.78, 5) is 4.24. The van der Waals surface area contributed by atoms with Crippen LogP contribution in [-0.4, -0.2) is 32.5 Å². The lowest BCUT2D eigenvalue weighted by Crippen LogP contribution is -2.24. The average Bonchev–Trinajstić information content (AvgIpc) is 3.32. The van der Waals surface area contributed by atoms with E-state index >= 15 is 0 Å². The molecule has 4 rings (SSSR count). The van der Waals surface area contributed by atoms with Gasteiger partial charge in [0.25, 0.3) is 0 Å². The number of anilines is 1. The molecule has 0 spiro atoms. The molecule has 0 saturated carbocycles. The van der Waals surface area contributed by atoms with Crippen molar-refractivity contribution in [3.05, 3.63) is 89.5 Å². The fourth-order valence-electron chi connectivity index (χ4n) is 2.96. The SMILES string of the molecule is Fc1cccc(Cl)c1NC(=S)NN=Cc1ccc(-c2ncn(-c3ccc(OC(F)(F)F)cc3)n2)cc1. The molecule has 0 aliphatic carbocycles. The molecule has 0 amide bonds. The number of para-hydroxylation sites is 1. The lowest BCUT2D eigenvalue weighted by molar-refractivity contribution is -0.274. The van der Waals surface area contributed by atoms with Crippen LogP contribution in [0, 0.1) is 5.82 Å². The first-order valence-corrected chi connectivity index (χ1v) is 10.9. The van der Waals surface area contributed by atoms with Crippen molar-refractivity contribution in [3.63, 3.8) is 0 Å². The highest BCUT2D eigenvalue weighted by atomic mass is 35.5. The molecule has 7 nitrogen and oxygen atoms in total. The predicted molar refractivity (Wildman–Crippen MR) is 132 cm³/mol. The van der Waals surface area contributed by atoms with Gasteiger partial charge in [0.05, 0.1) is 22.6 Å². The average molecular weight is 535 g/mol. The van der Waals surface area contributed by atoms with Gasteiger partial charge < -0.3 is 10.1 Å². The Kier molecular flexibility index (Phi) is 7.46. The van der Waals surface area contributed by atoms with Crippen molar-refractivity contribution in [2.75, 3.05) is 5.32 Å². The van der Waals surface area contributed by atoms with Crippen molar-refractivity contribution in [2.45, 2.75) is 6.36 Å². The van der Waals surface area contributed by atoms with Crippen molar-refractivity contribution in [1.82, 2.24) is 20.2 Å². The molecule has 1 aromatic heterocycles. The third-order valence-electron chi connectivity index (χ3n) is 4.58. The van der Waals surface area contributed by atoms with Gasteiger partial charge in [-0.25, -0.2) is 14.1 Å². The van der Waals surface area contributed by atoms with Crippen LogP contribution in [0.25, 0.3) is 17.1 Å². The summed E-state index contributed by atoms with van der Waals surface area (Å²) in [6, 6.07) is 16.6. The zero-order valence-corrected chi connectivity index (χ0v) is 19.6. The summed E-state index contributed by atoms with van der Waals surface area (Å²) in [5.41, 5.74) is 4.59. The third kappa shape index (κ3) is 6.55. The van der Waals surface area contributed by atoms with E-state index in [1.807, 2.05) is 0 Å². The van der Waals surface area contributed by atoms with E-state index in [2.05, 4.69) is 30.7 Å². The molecule has 0 atom stereocenters. The van der Waals surface area contributed by atoms with Crippen molar-refractivity contribution < 1.29 is 22.3 Å². The number of nitrogens with zero attached hydrogens (tertiary/aromatic N) is 4. The van der Waals surface area contributed by atoms with Crippen molar-refractivity contribution in [1.29, 1.82) is 0 Å². The van der Waals surface area contributed by atoms with E-state index in [1.54, 1.807) is 24.3 Å². The van der Waals surface area contributed by atoms with E-state index in [1.165, 1.54) is 59.7 Å². The Morgan fingerprint density at radius 3 is 2.44 bits per heavy atom. The Morgan fingerprint density at radius 1 is 1.06 bits per heavy atom. The highest BCUT2D eigenvalue weighted by Gasteiger charge is 2.31. The van der Waals surface area contributed by atoms with E-state index < -0.39 is 12.2 Å². The second-order valence-corrected chi connectivity index (χ2v) is 7.91. The maximum absolute atomic E-state index is 13.8. The van der Waals surface area contributed by atoms with Gasteiger partial charge in [-0.3, -0.25) is 5.43 Å². The summed E-state index contributed by atoms with van der Waals surface area (Å²) in [6.45, 7) is 0.